The van der Waals surface area contributed by atoms with Gasteiger partial charge in [-0.3, -0.25) is 14.4 Å². The molecule has 0 aromatic heterocycles. The summed E-state index contributed by atoms with van der Waals surface area (Å²) in [6, 6.07) is 2.73. The van der Waals surface area contributed by atoms with Crippen LogP contribution in [0.4, 0.5) is 11.4 Å². The number of rotatable bonds is 10. The largest absolute Gasteiger partial charge is 0.504 e. The second kappa shape index (κ2) is 10.7. The molecule has 0 spiro atoms. The standard InChI is InChI=1S/C33H34N4O7/c1-8-34-36-30-15-10-13(3)20(14(4)38)29-27-21(15)26-22(31(30)37-35-9-2)16(39)11-18(42-5)24(26)25-19(43-6)12-17(40)23(28(25)27)32(41)33(29)44-7/h10-12,20,34-37,41H,8-9H2,1-7H3. The zero-order valence-electron chi connectivity index (χ0n) is 25.6. The summed E-state index contributed by atoms with van der Waals surface area (Å²) in [5, 5.41) is 15.1. The van der Waals surface area contributed by atoms with Crippen LogP contribution in [0.2, 0.25) is 0 Å². The van der Waals surface area contributed by atoms with E-state index in [1.807, 2.05) is 26.8 Å². The molecule has 6 rings (SSSR count). The van der Waals surface area contributed by atoms with Crippen molar-refractivity contribution in [1.29, 1.82) is 0 Å². The molecule has 11 heteroatoms. The van der Waals surface area contributed by atoms with Crippen molar-refractivity contribution in [2.75, 3.05) is 45.3 Å². The summed E-state index contributed by atoms with van der Waals surface area (Å²) in [5.74, 6) is -0.837. The number of benzene rings is 5. The molecule has 5 aromatic rings. The third kappa shape index (κ3) is 3.79. The SMILES string of the molecule is CCNNc1c(NNCC)c2c(=O)cc(OC)c3c4c(OC)cc(=O)c5c(O)c(OC)c6c(c(c1C=C(C)C6C(C)=O)c23)c54. The molecule has 0 saturated heterocycles. The number of aromatic hydroxyl groups is 1. The average molecular weight is 599 g/mol. The van der Waals surface area contributed by atoms with Gasteiger partial charge in [0.15, 0.2) is 22.4 Å². The van der Waals surface area contributed by atoms with Crippen molar-refractivity contribution in [2.45, 2.75) is 33.6 Å². The lowest BCUT2D eigenvalue weighted by Crippen LogP contribution is -2.27. The van der Waals surface area contributed by atoms with Crippen LogP contribution in [0.1, 0.15) is 44.7 Å². The Morgan fingerprint density at radius 1 is 0.773 bits per heavy atom. The number of ether oxygens (including phenoxy) is 3. The van der Waals surface area contributed by atoms with Crippen LogP contribution in [-0.4, -0.2) is 45.3 Å². The van der Waals surface area contributed by atoms with E-state index in [0.29, 0.717) is 78.9 Å². The fraction of sp³-hybridized carbons (Fsp3) is 0.303. The Balaban J connectivity index is 2.13. The van der Waals surface area contributed by atoms with Crippen molar-refractivity contribution in [3.05, 3.63) is 49.3 Å². The molecular formula is C33H34N4O7. The van der Waals surface area contributed by atoms with Crippen molar-refractivity contribution < 1.29 is 24.1 Å². The van der Waals surface area contributed by atoms with Gasteiger partial charge in [-0.15, -0.1) is 0 Å². The van der Waals surface area contributed by atoms with Crippen LogP contribution in [0.15, 0.2) is 27.3 Å². The summed E-state index contributed by atoms with van der Waals surface area (Å²) in [5.41, 5.74) is 14.9. The number of methoxy groups -OCH3 is 3. The molecule has 0 aliphatic heterocycles. The van der Waals surface area contributed by atoms with Gasteiger partial charge in [-0.05, 0) is 19.2 Å². The van der Waals surface area contributed by atoms with Crippen molar-refractivity contribution >= 4 is 66.3 Å². The van der Waals surface area contributed by atoms with Gasteiger partial charge in [-0.25, -0.2) is 10.9 Å². The smallest absolute Gasteiger partial charge is 0.194 e. The number of carbonyl (C=O) groups excluding carboxylic acids is 1. The maximum Gasteiger partial charge on any atom is 0.194 e. The number of phenolic OH excluding ortho intramolecular Hbond substituents is 1. The molecule has 0 fully saturated rings. The van der Waals surface area contributed by atoms with Gasteiger partial charge in [-0.1, -0.05) is 25.5 Å². The number of nitrogens with one attached hydrogen (secondary N) is 4. The predicted octanol–water partition coefficient (Wildman–Crippen LogP) is 4.59. The zero-order valence-corrected chi connectivity index (χ0v) is 25.6. The van der Waals surface area contributed by atoms with E-state index in [9.17, 15) is 19.5 Å². The van der Waals surface area contributed by atoms with Crippen molar-refractivity contribution in [3.63, 3.8) is 0 Å². The van der Waals surface area contributed by atoms with Crippen LogP contribution in [-0.2, 0) is 4.79 Å². The van der Waals surface area contributed by atoms with Gasteiger partial charge in [0.2, 0.25) is 0 Å². The fourth-order valence-electron chi connectivity index (χ4n) is 6.90. The van der Waals surface area contributed by atoms with Gasteiger partial charge in [0.1, 0.15) is 17.3 Å². The molecule has 11 nitrogen and oxygen atoms in total. The fourth-order valence-corrected chi connectivity index (χ4v) is 6.90. The van der Waals surface area contributed by atoms with Gasteiger partial charge >= 0.3 is 0 Å². The number of hydrogen-bond acceptors (Lipinski definition) is 11. The molecule has 1 unspecified atom stereocenters. The highest BCUT2D eigenvalue weighted by Gasteiger charge is 2.37. The molecule has 44 heavy (non-hydrogen) atoms. The molecule has 5 aromatic carbocycles. The van der Waals surface area contributed by atoms with Gasteiger partial charge < -0.3 is 30.2 Å². The second-order valence-electron chi connectivity index (χ2n) is 10.9. The average Bonchev–Trinajstić information content (AvgIpc) is 3.13. The van der Waals surface area contributed by atoms with Crippen LogP contribution in [0.5, 0.6) is 23.0 Å². The maximum atomic E-state index is 14.1. The van der Waals surface area contributed by atoms with Crippen molar-refractivity contribution in [1.82, 2.24) is 10.9 Å². The third-order valence-electron chi connectivity index (χ3n) is 8.46. The second-order valence-corrected chi connectivity index (χ2v) is 10.9. The topological polar surface area (TPSA) is 147 Å². The molecule has 1 aliphatic carbocycles. The molecule has 1 aliphatic rings. The molecule has 0 heterocycles. The van der Waals surface area contributed by atoms with Crippen LogP contribution in [0.25, 0.3) is 49.2 Å². The molecule has 228 valence electrons. The monoisotopic (exact) mass is 598 g/mol. The summed E-state index contributed by atoms with van der Waals surface area (Å²) in [6.07, 6.45) is 1.91. The van der Waals surface area contributed by atoms with E-state index in [1.54, 1.807) is 0 Å². The lowest BCUT2D eigenvalue weighted by Gasteiger charge is -2.26. The third-order valence-corrected chi connectivity index (χ3v) is 8.46. The molecule has 5 N–H and O–H groups in total. The van der Waals surface area contributed by atoms with E-state index in [4.69, 9.17) is 14.2 Å². The van der Waals surface area contributed by atoms with Crippen LogP contribution in [0.3, 0.4) is 0 Å². The van der Waals surface area contributed by atoms with E-state index in [1.165, 1.54) is 40.4 Å². The Bertz CT molecular complexity index is 2160. The normalized spacial score (nSPS) is 14.4. The highest BCUT2D eigenvalue weighted by Crippen LogP contribution is 2.58. The van der Waals surface area contributed by atoms with Gasteiger partial charge in [0, 0.05) is 63.3 Å². The Morgan fingerprint density at radius 2 is 1.32 bits per heavy atom. The summed E-state index contributed by atoms with van der Waals surface area (Å²) in [4.78, 5) is 41.3. The van der Waals surface area contributed by atoms with E-state index in [0.717, 1.165) is 0 Å². The van der Waals surface area contributed by atoms with E-state index < -0.39 is 11.3 Å². The molecule has 0 bridgehead atoms. The lowest BCUT2D eigenvalue weighted by molar-refractivity contribution is -0.117. The number of anilines is 2. The number of phenols is 1. The van der Waals surface area contributed by atoms with E-state index >= 15 is 0 Å². The van der Waals surface area contributed by atoms with Gasteiger partial charge in [0.05, 0.1) is 49.4 Å². The van der Waals surface area contributed by atoms with Crippen molar-refractivity contribution in [3.8, 4) is 23.0 Å². The molecule has 1 atom stereocenters. The van der Waals surface area contributed by atoms with Crippen LogP contribution < -0.4 is 46.8 Å². The first-order valence-electron chi connectivity index (χ1n) is 14.4. The Hall–Kier alpha value is -4.87. The zero-order chi connectivity index (χ0) is 31.6. The highest BCUT2D eigenvalue weighted by atomic mass is 16.5. The maximum absolute atomic E-state index is 14.1. The molecule has 0 amide bonds. The first kappa shape index (κ1) is 29.2. The van der Waals surface area contributed by atoms with E-state index in [2.05, 4.69) is 21.7 Å². The molecular weight excluding hydrogens is 564 g/mol. The highest BCUT2D eigenvalue weighted by molar-refractivity contribution is 6.40. The van der Waals surface area contributed by atoms with E-state index in [-0.39, 0.29) is 39.6 Å². The number of hydrogen-bond donors (Lipinski definition) is 5. The number of hydrazine groups is 2. The first-order valence-corrected chi connectivity index (χ1v) is 14.4. The predicted molar refractivity (Wildman–Crippen MR) is 174 cm³/mol. The number of Topliss-reactive ketones (excluding diaryl/α,β-unsaturated/α-hetero) is 1. The molecule has 0 radical (unpaired) electrons. The van der Waals surface area contributed by atoms with Gasteiger partial charge in [-0.2, -0.15) is 0 Å². The van der Waals surface area contributed by atoms with Crippen molar-refractivity contribution in [2.24, 2.45) is 0 Å². The number of allylic oxidation sites excluding steroid dienone is 1. The number of ketones is 1. The number of carbonyl (C=O) groups is 1. The van der Waals surface area contributed by atoms with Gasteiger partial charge in [0.25, 0.3) is 0 Å². The van der Waals surface area contributed by atoms with Crippen LogP contribution in [0, 0.1) is 0 Å². The summed E-state index contributed by atoms with van der Waals surface area (Å²) < 4.78 is 17.4. The minimum atomic E-state index is -0.831. The first-order chi connectivity index (χ1) is 21.2. The molecule has 0 saturated carbocycles. The minimum absolute atomic E-state index is 0.0206. The summed E-state index contributed by atoms with van der Waals surface area (Å²) in [7, 11) is 4.33. The Labute approximate surface area is 252 Å². The minimum Gasteiger partial charge on any atom is -0.504 e. The Kier molecular flexibility index (Phi) is 7.10. The van der Waals surface area contributed by atoms with Crippen LogP contribution >= 0.6 is 0 Å². The summed E-state index contributed by atoms with van der Waals surface area (Å²) in [6.45, 7) is 8.32. The lowest BCUT2D eigenvalue weighted by atomic mass is 9.80. The quantitative estimate of drug-likeness (QED) is 0.0874. The number of fused-ring (bicyclic) bond motifs is 1. The Morgan fingerprint density at radius 3 is 1.84 bits per heavy atom. The summed E-state index contributed by atoms with van der Waals surface area (Å²) >= 11 is 0.